The molecular formula is C28H29ClO7S. The third kappa shape index (κ3) is 7.04. The van der Waals surface area contributed by atoms with Gasteiger partial charge in [0.25, 0.3) is 0 Å². The summed E-state index contributed by atoms with van der Waals surface area (Å²) in [7, 11) is 0. The molecule has 0 radical (unpaired) electrons. The van der Waals surface area contributed by atoms with Crippen LogP contribution in [-0.4, -0.2) is 57.9 Å². The first kappa shape index (κ1) is 27.4. The molecule has 3 N–H and O–H groups in total. The number of esters is 1. The van der Waals surface area contributed by atoms with Crippen LogP contribution >= 0.6 is 23.4 Å². The summed E-state index contributed by atoms with van der Waals surface area (Å²) in [6.07, 6.45) is -2.30. The Morgan fingerprint density at radius 2 is 1.68 bits per heavy atom. The minimum absolute atomic E-state index is 0.193. The normalized spacial score (nSPS) is 23.4. The Kier molecular flexibility index (Phi) is 9.48. The summed E-state index contributed by atoms with van der Waals surface area (Å²) in [5.41, 5.74) is 2.68. The van der Waals surface area contributed by atoms with Crippen molar-refractivity contribution < 1.29 is 34.3 Å². The Labute approximate surface area is 225 Å². The van der Waals surface area contributed by atoms with E-state index in [1.807, 2.05) is 48.5 Å². The molecule has 0 unspecified atom stereocenters. The third-order valence-electron chi connectivity index (χ3n) is 6.12. The number of thioether (sulfide) groups is 1. The zero-order chi connectivity index (χ0) is 26.4. The van der Waals surface area contributed by atoms with Crippen LogP contribution in [0.15, 0.2) is 72.8 Å². The summed E-state index contributed by atoms with van der Waals surface area (Å²) in [6.45, 7) is 0.00353. The number of ether oxygens (including phenoxy) is 3. The number of hydrogen-bond donors (Lipinski definition) is 3. The summed E-state index contributed by atoms with van der Waals surface area (Å²) >= 11 is 7.71. The van der Waals surface area contributed by atoms with Crippen LogP contribution < -0.4 is 4.74 Å². The van der Waals surface area contributed by atoms with E-state index in [1.54, 1.807) is 30.5 Å². The number of benzene rings is 3. The lowest BCUT2D eigenvalue weighted by molar-refractivity contribution is -0.200. The van der Waals surface area contributed by atoms with Gasteiger partial charge in [0.15, 0.2) is 6.61 Å². The molecule has 0 aromatic heterocycles. The molecule has 0 bridgehead atoms. The Morgan fingerprint density at radius 3 is 2.38 bits per heavy atom. The van der Waals surface area contributed by atoms with Gasteiger partial charge >= 0.3 is 5.97 Å². The summed E-state index contributed by atoms with van der Waals surface area (Å²) in [6, 6.07) is 22.0. The molecule has 0 saturated carbocycles. The molecular weight excluding hydrogens is 516 g/mol. The van der Waals surface area contributed by atoms with Crippen LogP contribution in [0, 0.1) is 0 Å². The predicted octanol–water partition coefficient (Wildman–Crippen LogP) is 3.90. The molecule has 3 aromatic rings. The van der Waals surface area contributed by atoms with Crippen molar-refractivity contribution in [2.45, 2.75) is 42.9 Å². The topological polar surface area (TPSA) is 105 Å². The standard InChI is InChI=1S/C28H29ClO7S/c1-37-28-26(33)24(31)25(32)27(36-28)19-9-12-22(29)20(14-19)13-17-7-10-21(11-8-17)34-16-23(30)35-15-18-5-3-2-4-6-18/h2-12,14,24-28,31-33H,13,15-16H2,1H3/t24-,25-,26+,27+,28-/m1/s1. The average molecular weight is 545 g/mol. The lowest BCUT2D eigenvalue weighted by Crippen LogP contribution is -2.52. The second-order valence-electron chi connectivity index (χ2n) is 8.74. The largest absolute Gasteiger partial charge is 0.482 e. The van der Waals surface area contributed by atoms with Gasteiger partial charge in [0.05, 0.1) is 0 Å². The van der Waals surface area contributed by atoms with Gasteiger partial charge in [0, 0.05) is 5.02 Å². The zero-order valence-corrected chi connectivity index (χ0v) is 21.8. The zero-order valence-electron chi connectivity index (χ0n) is 20.2. The van der Waals surface area contributed by atoms with E-state index in [0.717, 1.165) is 16.7 Å². The van der Waals surface area contributed by atoms with Gasteiger partial charge in [-0.15, -0.1) is 11.8 Å². The second-order valence-corrected chi connectivity index (χ2v) is 10.1. The lowest BCUT2D eigenvalue weighted by atomic mass is 9.92. The molecule has 196 valence electrons. The smallest absolute Gasteiger partial charge is 0.344 e. The molecule has 9 heteroatoms. The fourth-order valence-electron chi connectivity index (χ4n) is 4.07. The van der Waals surface area contributed by atoms with E-state index >= 15 is 0 Å². The van der Waals surface area contributed by atoms with Gasteiger partial charge in [0.2, 0.25) is 0 Å². The van der Waals surface area contributed by atoms with Crippen LogP contribution in [-0.2, 0) is 27.3 Å². The van der Waals surface area contributed by atoms with Gasteiger partial charge < -0.3 is 29.5 Å². The van der Waals surface area contributed by atoms with Crippen molar-refractivity contribution in [2.75, 3.05) is 12.9 Å². The van der Waals surface area contributed by atoms with Crippen LogP contribution in [0.2, 0.25) is 5.02 Å². The number of carbonyl (C=O) groups is 1. The third-order valence-corrected chi connectivity index (χ3v) is 7.34. The van der Waals surface area contributed by atoms with E-state index in [9.17, 15) is 20.1 Å². The van der Waals surface area contributed by atoms with Crippen LogP contribution in [0.5, 0.6) is 5.75 Å². The van der Waals surface area contributed by atoms with Crippen molar-refractivity contribution in [3.05, 3.63) is 100 Å². The first-order valence-corrected chi connectivity index (χ1v) is 13.4. The number of rotatable bonds is 9. The fraction of sp³-hybridized carbons (Fsp3) is 0.321. The van der Waals surface area contributed by atoms with Crippen molar-refractivity contribution in [1.29, 1.82) is 0 Å². The summed E-state index contributed by atoms with van der Waals surface area (Å²) in [5, 5.41) is 31.4. The van der Waals surface area contributed by atoms with Gasteiger partial charge in [0.1, 0.15) is 42.2 Å². The minimum atomic E-state index is -1.32. The van der Waals surface area contributed by atoms with Crippen molar-refractivity contribution in [3.8, 4) is 5.75 Å². The molecule has 1 aliphatic heterocycles. The van der Waals surface area contributed by atoms with E-state index < -0.39 is 35.8 Å². The minimum Gasteiger partial charge on any atom is -0.482 e. The average Bonchev–Trinajstić information content (AvgIpc) is 2.92. The lowest BCUT2D eigenvalue weighted by Gasteiger charge is -2.40. The van der Waals surface area contributed by atoms with E-state index in [2.05, 4.69) is 0 Å². The maximum Gasteiger partial charge on any atom is 0.344 e. The van der Waals surface area contributed by atoms with Crippen molar-refractivity contribution in [3.63, 3.8) is 0 Å². The van der Waals surface area contributed by atoms with E-state index in [1.165, 1.54) is 11.8 Å². The monoisotopic (exact) mass is 544 g/mol. The molecule has 7 nitrogen and oxygen atoms in total. The molecule has 1 aliphatic rings. The molecule has 37 heavy (non-hydrogen) atoms. The summed E-state index contributed by atoms with van der Waals surface area (Å²) in [5.74, 6) is 0.0830. The SMILES string of the molecule is CS[C@H]1O[C@@H](c2ccc(Cl)c(Cc3ccc(OCC(=O)OCc4ccccc4)cc3)c2)[C@H](O)[C@@H](O)[C@@H]1O. The van der Waals surface area contributed by atoms with Gasteiger partial charge in [-0.3, -0.25) is 0 Å². The fourth-order valence-corrected chi connectivity index (χ4v) is 4.93. The van der Waals surface area contributed by atoms with Crippen LogP contribution in [0.1, 0.15) is 28.4 Å². The number of carbonyl (C=O) groups excluding carboxylic acids is 1. The number of aliphatic hydroxyl groups excluding tert-OH is 3. The van der Waals surface area contributed by atoms with Crippen LogP contribution in [0.3, 0.4) is 0 Å². The number of halogens is 1. The quantitative estimate of drug-likeness (QED) is 0.348. The Bertz CT molecular complexity index is 1170. The Hall–Kier alpha value is -2.59. The summed E-state index contributed by atoms with van der Waals surface area (Å²) < 4.78 is 16.6. The molecule has 0 spiro atoms. The highest BCUT2D eigenvalue weighted by Crippen LogP contribution is 2.37. The molecule has 0 aliphatic carbocycles. The molecule has 4 rings (SSSR count). The van der Waals surface area contributed by atoms with E-state index in [0.29, 0.717) is 22.8 Å². The predicted molar refractivity (Wildman–Crippen MR) is 142 cm³/mol. The van der Waals surface area contributed by atoms with Gasteiger partial charge in [-0.2, -0.15) is 0 Å². The molecule has 3 aromatic carbocycles. The summed E-state index contributed by atoms with van der Waals surface area (Å²) in [4.78, 5) is 12.0. The molecule has 0 amide bonds. The van der Waals surface area contributed by atoms with Gasteiger partial charge in [-0.25, -0.2) is 4.79 Å². The first-order chi connectivity index (χ1) is 17.9. The highest BCUT2D eigenvalue weighted by atomic mass is 35.5. The molecule has 5 atom stereocenters. The molecule has 1 fully saturated rings. The van der Waals surface area contributed by atoms with Gasteiger partial charge in [-0.05, 0) is 53.1 Å². The maximum atomic E-state index is 12.0. The maximum absolute atomic E-state index is 12.0. The van der Waals surface area contributed by atoms with Crippen molar-refractivity contribution in [1.82, 2.24) is 0 Å². The van der Waals surface area contributed by atoms with Gasteiger partial charge in [-0.1, -0.05) is 66.2 Å². The second kappa shape index (κ2) is 12.8. The first-order valence-electron chi connectivity index (χ1n) is 11.8. The highest BCUT2D eigenvalue weighted by molar-refractivity contribution is 7.99. The van der Waals surface area contributed by atoms with E-state index in [-0.39, 0.29) is 13.2 Å². The van der Waals surface area contributed by atoms with Crippen LogP contribution in [0.25, 0.3) is 0 Å². The Balaban J connectivity index is 1.35. The highest BCUT2D eigenvalue weighted by Gasteiger charge is 2.44. The number of aliphatic hydroxyl groups is 3. The van der Waals surface area contributed by atoms with Crippen LogP contribution in [0.4, 0.5) is 0 Å². The number of hydrogen-bond acceptors (Lipinski definition) is 8. The molecule has 1 saturated heterocycles. The van der Waals surface area contributed by atoms with E-state index in [4.69, 9.17) is 25.8 Å². The van der Waals surface area contributed by atoms with Crippen molar-refractivity contribution >= 4 is 29.3 Å². The Morgan fingerprint density at radius 1 is 0.946 bits per heavy atom. The molecule has 1 heterocycles. The van der Waals surface area contributed by atoms with Crippen molar-refractivity contribution in [2.24, 2.45) is 0 Å².